The third kappa shape index (κ3) is 4.47. The van der Waals surface area contributed by atoms with Crippen LogP contribution in [0.2, 0.25) is 0 Å². The Morgan fingerprint density at radius 2 is 1.92 bits per heavy atom. The molecule has 0 aliphatic carbocycles. The summed E-state index contributed by atoms with van der Waals surface area (Å²) >= 11 is 1.40. The van der Waals surface area contributed by atoms with Gasteiger partial charge in [-0.3, -0.25) is 19.7 Å². The third-order valence-electron chi connectivity index (χ3n) is 4.11. The Morgan fingerprint density at radius 1 is 1.29 bits per heavy atom. The number of hydrogen-bond acceptors (Lipinski definition) is 5. The standard InChI is InChI=1S/C16H22N2O5S/c1-4-16(5-2,15(20)21)10-17-14(19)12-9-11(18(22)23)7-8-13(12)24-6-3/h7-9H,4-6,10H2,1-3H3,(H,17,19)(H,20,21). The van der Waals surface area contributed by atoms with Crippen LogP contribution in [-0.2, 0) is 4.79 Å². The van der Waals surface area contributed by atoms with Crippen molar-refractivity contribution in [2.45, 2.75) is 38.5 Å². The molecular weight excluding hydrogens is 332 g/mol. The van der Waals surface area contributed by atoms with E-state index in [1.807, 2.05) is 6.92 Å². The lowest BCUT2D eigenvalue weighted by atomic mass is 9.82. The number of nitro benzene ring substituents is 1. The number of hydrogen-bond donors (Lipinski definition) is 2. The summed E-state index contributed by atoms with van der Waals surface area (Å²) < 4.78 is 0. The molecule has 0 unspecified atom stereocenters. The van der Waals surface area contributed by atoms with E-state index in [0.717, 1.165) is 0 Å². The molecule has 0 bridgehead atoms. The van der Waals surface area contributed by atoms with Crippen LogP contribution in [0.15, 0.2) is 23.1 Å². The molecule has 1 aromatic rings. The molecule has 1 amide bonds. The maximum absolute atomic E-state index is 12.5. The summed E-state index contributed by atoms with van der Waals surface area (Å²) in [6.45, 7) is 5.41. The SMILES string of the molecule is CCSc1ccc([N+](=O)[O-])cc1C(=O)NCC(CC)(CC)C(=O)O. The average Bonchev–Trinajstić information content (AvgIpc) is 2.56. The fraction of sp³-hybridized carbons (Fsp3) is 0.500. The molecule has 24 heavy (non-hydrogen) atoms. The Hall–Kier alpha value is -2.09. The topological polar surface area (TPSA) is 110 Å². The lowest BCUT2D eigenvalue weighted by molar-refractivity contribution is -0.384. The molecule has 2 N–H and O–H groups in total. The lowest BCUT2D eigenvalue weighted by Crippen LogP contribution is -2.42. The Balaban J connectivity index is 3.07. The van der Waals surface area contributed by atoms with E-state index in [0.29, 0.717) is 23.5 Å². The Bertz CT molecular complexity index is 629. The zero-order chi connectivity index (χ0) is 18.3. The van der Waals surface area contributed by atoms with Gasteiger partial charge >= 0.3 is 5.97 Å². The number of nitrogens with one attached hydrogen (secondary N) is 1. The molecule has 0 radical (unpaired) electrons. The highest BCUT2D eigenvalue weighted by atomic mass is 32.2. The van der Waals surface area contributed by atoms with E-state index in [9.17, 15) is 24.8 Å². The second kappa shape index (κ2) is 8.68. The first-order chi connectivity index (χ1) is 11.3. The van der Waals surface area contributed by atoms with E-state index in [2.05, 4.69) is 5.32 Å². The van der Waals surface area contributed by atoms with Crippen LogP contribution in [-0.4, -0.2) is 34.2 Å². The van der Waals surface area contributed by atoms with E-state index < -0.39 is 22.2 Å². The number of benzene rings is 1. The number of carbonyl (C=O) groups excluding carboxylic acids is 1. The molecule has 1 rings (SSSR count). The fourth-order valence-corrected chi connectivity index (χ4v) is 3.10. The summed E-state index contributed by atoms with van der Waals surface area (Å²) in [4.78, 5) is 35.0. The summed E-state index contributed by atoms with van der Waals surface area (Å²) in [5.74, 6) is -0.752. The number of rotatable bonds is 9. The highest BCUT2D eigenvalue weighted by Gasteiger charge is 2.35. The number of non-ortho nitro benzene ring substituents is 1. The van der Waals surface area contributed by atoms with Crippen LogP contribution in [0.3, 0.4) is 0 Å². The predicted molar refractivity (Wildman–Crippen MR) is 92.5 cm³/mol. The molecule has 0 atom stereocenters. The molecule has 0 spiro atoms. The van der Waals surface area contributed by atoms with Crippen molar-refractivity contribution in [2.24, 2.45) is 5.41 Å². The highest BCUT2D eigenvalue weighted by Crippen LogP contribution is 2.28. The van der Waals surface area contributed by atoms with Gasteiger partial charge in [-0.2, -0.15) is 0 Å². The number of nitro groups is 1. The van der Waals surface area contributed by atoms with Crippen LogP contribution in [0.25, 0.3) is 0 Å². The van der Waals surface area contributed by atoms with Gasteiger partial charge in [-0.15, -0.1) is 11.8 Å². The molecule has 132 valence electrons. The van der Waals surface area contributed by atoms with Crippen molar-refractivity contribution < 1.29 is 19.6 Å². The Kier molecular flexibility index (Phi) is 7.21. The first kappa shape index (κ1) is 20.0. The normalized spacial score (nSPS) is 11.1. The smallest absolute Gasteiger partial charge is 0.311 e. The monoisotopic (exact) mass is 354 g/mol. The van der Waals surface area contributed by atoms with E-state index >= 15 is 0 Å². The summed E-state index contributed by atoms with van der Waals surface area (Å²) in [7, 11) is 0. The average molecular weight is 354 g/mol. The van der Waals surface area contributed by atoms with Crippen molar-refractivity contribution in [3.8, 4) is 0 Å². The molecular formula is C16H22N2O5S. The van der Waals surface area contributed by atoms with Gasteiger partial charge in [0.2, 0.25) is 0 Å². The van der Waals surface area contributed by atoms with Crippen LogP contribution >= 0.6 is 11.8 Å². The van der Waals surface area contributed by atoms with Crippen LogP contribution in [0.1, 0.15) is 44.0 Å². The van der Waals surface area contributed by atoms with Gasteiger partial charge in [0.05, 0.1) is 15.9 Å². The minimum Gasteiger partial charge on any atom is -0.481 e. The van der Waals surface area contributed by atoms with Gasteiger partial charge in [-0.25, -0.2) is 0 Å². The molecule has 0 aliphatic rings. The van der Waals surface area contributed by atoms with Crippen molar-refractivity contribution in [3.05, 3.63) is 33.9 Å². The minimum absolute atomic E-state index is 0.0207. The minimum atomic E-state index is -1.03. The number of amides is 1. The Labute approximate surface area is 145 Å². The van der Waals surface area contributed by atoms with Crippen LogP contribution in [0, 0.1) is 15.5 Å². The predicted octanol–water partition coefficient (Wildman–Crippen LogP) is 3.33. The molecule has 8 heteroatoms. The third-order valence-corrected chi connectivity index (χ3v) is 5.07. The number of carboxylic acids is 1. The maximum Gasteiger partial charge on any atom is 0.311 e. The number of carbonyl (C=O) groups is 2. The van der Waals surface area contributed by atoms with E-state index in [1.54, 1.807) is 19.9 Å². The number of aliphatic carboxylic acids is 1. The van der Waals surface area contributed by atoms with E-state index in [4.69, 9.17) is 0 Å². The molecule has 0 aliphatic heterocycles. The largest absolute Gasteiger partial charge is 0.481 e. The van der Waals surface area contributed by atoms with Crippen molar-refractivity contribution >= 4 is 29.3 Å². The second-order valence-electron chi connectivity index (χ2n) is 5.35. The molecule has 0 saturated carbocycles. The first-order valence-corrected chi connectivity index (χ1v) is 8.72. The van der Waals surface area contributed by atoms with Crippen LogP contribution < -0.4 is 5.32 Å². The fourth-order valence-electron chi connectivity index (χ4n) is 2.31. The van der Waals surface area contributed by atoms with Crippen molar-refractivity contribution in [1.82, 2.24) is 5.32 Å². The highest BCUT2D eigenvalue weighted by molar-refractivity contribution is 7.99. The van der Waals surface area contributed by atoms with Gasteiger partial charge in [0.15, 0.2) is 0 Å². The van der Waals surface area contributed by atoms with Gasteiger partial charge in [-0.05, 0) is 24.7 Å². The maximum atomic E-state index is 12.5. The van der Waals surface area contributed by atoms with Crippen molar-refractivity contribution in [3.63, 3.8) is 0 Å². The molecule has 0 saturated heterocycles. The van der Waals surface area contributed by atoms with E-state index in [1.165, 1.54) is 23.9 Å². The number of thioether (sulfide) groups is 1. The molecule has 0 aromatic heterocycles. The van der Waals surface area contributed by atoms with Gasteiger partial charge in [0.1, 0.15) is 0 Å². The summed E-state index contributed by atoms with van der Waals surface area (Å²) in [6.07, 6.45) is 0.759. The van der Waals surface area contributed by atoms with Crippen molar-refractivity contribution in [1.29, 1.82) is 0 Å². The van der Waals surface area contributed by atoms with Gasteiger partial charge in [0.25, 0.3) is 11.6 Å². The summed E-state index contributed by atoms with van der Waals surface area (Å²) in [5, 5.41) is 23.0. The number of carboxylic acid groups (broad SMARTS) is 1. The van der Waals surface area contributed by atoms with Gasteiger partial charge < -0.3 is 10.4 Å². The quantitative estimate of drug-likeness (QED) is 0.400. The molecule has 1 aromatic carbocycles. The van der Waals surface area contributed by atoms with Crippen molar-refractivity contribution in [2.75, 3.05) is 12.3 Å². The van der Waals surface area contributed by atoms with Crippen LogP contribution in [0.5, 0.6) is 0 Å². The molecule has 0 fully saturated rings. The van der Waals surface area contributed by atoms with Gasteiger partial charge in [0, 0.05) is 23.6 Å². The second-order valence-corrected chi connectivity index (χ2v) is 6.65. The zero-order valence-corrected chi connectivity index (χ0v) is 14.8. The molecule has 0 heterocycles. The molecule has 7 nitrogen and oxygen atoms in total. The Morgan fingerprint density at radius 3 is 2.38 bits per heavy atom. The van der Waals surface area contributed by atoms with Crippen LogP contribution in [0.4, 0.5) is 5.69 Å². The van der Waals surface area contributed by atoms with Gasteiger partial charge in [-0.1, -0.05) is 20.8 Å². The summed E-state index contributed by atoms with van der Waals surface area (Å²) in [5.41, 5.74) is -1.01. The lowest BCUT2D eigenvalue weighted by Gasteiger charge is -2.27. The first-order valence-electron chi connectivity index (χ1n) is 7.74. The summed E-state index contributed by atoms with van der Waals surface area (Å²) in [6, 6.07) is 4.13. The number of nitrogens with zero attached hydrogens (tertiary/aromatic N) is 1. The zero-order valence-electron chi connectivity index (χ0n) is 14.0. The van der Waals surface area contributed by atoms with E-state index in [-0.39, 0.29) is 17.8 Å².